The van der Waals surface area contributed by atoms with Crippen molar-refractivity contribution in [3.05, 3.63) is 29.8 Å². The Labute approximate surface area is 136 Å². The highest BCUT2D eigenvalue weighted by Crippen LogP contribution is 2.23. The monoisotopic (exact) mass is 339 g/mol. The minimum atomic E-state index is -3.60. The Balaban J connectivity index is 2.10. The summed E-state index contributed by atoms with van der Waals surface area (Å²) in [4.78, 5) is 24.2. The van der Waals surface area contributed by atoms with Crippen molar-refractivity contribution in [2.24, 2.45) is 5.73 Å². The molecule has 0 bridgehead atoms. The normalized spacial score (nSPS) is 17.0. The molecule has 126 valence electrons. The summed E-state index contributed by atoms with van der Waals surface area (Å²) in [6.07, 6.45) is 1.21. The average Bonchev–Trinajstić information content (AvgIpc) is 2.54. The maximum Gasteiger partial charge on any atom is 0.248 e. The van der Waals surface area contributed by atoms with Gasteiger partial charge in [-0.2, -0.15) is 4.31 Å². The van der Waals surface area contributed by atoms with Crippen molar-refractivity contribution in [1.29, 1.82) is 0 Å². The van der Waals surface area contributed by atoms with Crippen LogP contribution >= 0.6 is 0 Å². The van der Waals surface area contributed by atoms with Crippen LogP contribution in [0.2, 0.25) is 0 Å². The number of carbonyl (C=O) groups excluding carboxylic acids is 2. The Morgan fingerprint density at radius 1 is 1.17 bits per heavy atom. The fraction of sp³-hybridized carbons (Fsp3) is 0.467. The number of carbonyl (C=O) groups is 2. The van der Waals surface area contributed by atoms with E-state index in [1.807, 2.05) is 0 Å². The molecule has 0 saturated carbocycles. The zero-order valence-corrected chi connectivity index (χ0v) is 14.0. The molecule has 1 heterocycles. The molecule has 0 unspecified atom stereocenters. The van der Waals surface area contributed by atoms with Gasteiger partial charge in [-0.3, -0.25) is 9.59 Å². The molecule has 0 aliphatic carbocycles. The number of primary amides is 1. The number of nitrogens with two attached hydrogens (primary N) is 1. The number of hydrogen-bond donors (Lipinski definition) is 1. The number of piperidine rings is 1. The average molecular weight is 339 g/mol. The number of sulfonamides is 1. The minimum absolute atomic E-state index is 0.0200. The van der Waals surface area contributed by atoms with Gasteiger partial charge in [0.1, 0.15) is 0 Å². The quantitative estimate of drug-likeness (QED) is 0.859. The number of benzene rings is 1. The second-order valence-electron chi connectivity index (χ2n) is 5.65. The van der Waals surface area contributed by atoms with E-state index in [-0.39, 0.29) is 22.4 Å². The SMILES string of the molecule is CC(=O)N(C)C1CCN(S(=O)(=O)c2ccc(C(N)=O)cc2)CC1. The topological polar surface area (TPSA) is 101 Å². The van der Waals surface area contributed by atoms with Crippen LogP contribution in [-0.2, 0) is 14.8 Å². The highest BCUT2D eigenvalue weighted by atomic mass is 32.2. The van der Waals surface area contributed by atoms with Gasteiger partial charge in [0.05, 0.1) is 4.90 Å². The van der Waals surface area contributed by atoms with E-state index in [0.29, 0.717) is 25.9 Å². The molecule has 23 heavy (non-hydrogen) atoms. The highest BCUT2D eigenvalue weighted by Gasteiger charge is 2.31. The molecule has 2 amide bonds. The molecular formula is C15H21N3O4S. The largest absolute Gasteiger partial charge is 0.366 e. The Bertz CT molecular complexity index is 692. The molecule has 2 N–H and O–H groups in total. The fourth-order valence-electron chi connectivity index (χ4n) is 2.67. The predicted octanol–water partition coefficient (Wildman–Crippen LogP) is 0.417. The summed E-state index contributed by atoms with van der Waals surface area (Å²) in [5.41, 5.74) is 5.42. The van der Waals surface area contributed by atoms with E-state index in [0.717, 1.165) is 0 Å². The van der Waals surface area contributed by atoms with Gasteiger partial charge >= 0.3 is 0 Å². The number of rotatable bonds is 4. The zero-order chi connectivity index (χ0) is 17.2. The van der Waals surface area contributed by atoms with Crippen LogP contribution in [0.15, 0.2) is 29.2 Å². The van der Waals surface area contributed by atoms with Gasteiger partial charge in [-0.15, -0.1) is 0 Å². The van der Waals surface area contributed by atoms with E-state index < -0.39 is 15.9 Å². The lowest BCUT2D eigenvalue weighted by atomic mass is 10.1. The Morgan fingerprint density at radius 3 is 2.13 bits per heavy atom. The third kappa shape index (κ3) is 3.70. The van der Waals surface area contributed by atoms with E-state index >= 15 is 0 Å². The summed E-state index contributed by atoms with van der Waals surface area (Å²) >= 11 is 0. The smallest absolute Gasteiger partial charge is 0.248 e. The summed E-state index contributed by atoms with van der Waals surface area (Å²) in [6.45, 7) is 2.23. The first-order chi connectivity index (χ1) is 10.7. The van der Waals surface area contributed by atoms with Crippen LogP contribution in [0.5, 0.6) is 0 Å². The van der Waals surface area contributed by atoms with E-state index in [1.165, 1.54) is 35.5 Å². The zero-order valence-electron chi connectivity index (χ0n) is 13.2. The van der Waals surface area contributed by atoms with Crippen molar-refractivity contribution in [3.63, 3.8) is 0 Å². The number of amides is 2. The maximum atomic E-state index is 12.6. The molecule has 0 radical (unpaired) electrons. The summed E-state index contributed by atoms with van der Waals surface area (Å²) < 4.78 is 26.6. The molecular weight excluding hydrogens is 318 g/mol. The molecule has 0 atom stereocenters. The minimum Gasteiger partial charge on any atom is -0.366 e. The van der Waals surface area contributed by atoms with Gasteiger partial charge in [0, 0.05) is 38.7 Å². The summed E-state index contributed by atoms with van der Waals surface area (Å²) in [7, 11) is -1.86. The van der Waals surface area contributed by atoms with Crippen molar-refractivity contribution in [2.45, 2.75) is 30.7 Å². The second kappa shape index (κ2) is 6.67. The highest BCUT2D eigenvalue weighted by molar-refractivity contribution is 7.89. The molecule has 7 nitrogen and oxygen atoms in total. The standard InChI is InChI=1S/C15H21N3O4S/c1-11(19)17(2)13-7-9-18(10-8-13)23(21,22)14-5-3-12(4-6-14)15(16)20/h3-6,13H,7-10H2,1-2H3,(H2,16,20). The van der Waals surface area contributed by atoms with Gasteiger partial charge in [0.25, 0.3) is 0 Å². The van der Waals surface area contributed by atoms with Crippen LogP contribution in [0, 0.1) is 0 Å². The molecule has 1 fully saturated rings. The lowest BCUT2D eigenvalue weighted by molar-refractivity contribution is -0.130. The Kier molecular flexibility index (Phi) is 5.06. The predicted molar refractivity (Wildman–Crippen MR) is 85.2 cm³/mol. The van der Waals surface area contributed by atoms with Gasteiger partial charge < -0.3 is 10.6 Å². The van der Waals surface area contributed by atoms with Gasteiger partial charge in [0.15, 0.2) is 0 Å². The van der Waals surface area contributed by atoms with Crippen molar-refractivity contribution in [3.8, 4) is 0 Å². The number of hydrogen-bond acceptors (Lipinski definition) is 4. The fourth-order valence-corrected chi connectivity index (χ4v) is 4.14. The van der Waals surface area contributed by atoms with Crippen LogP contribution in [0.4, 0.5) is 0 Å². The summed E-state index contributed by atoms with van der Waals surface area (Å²) in [5.74, 6) is -0.615. The lowest BCUT2D eigenvalue weighted by Crippen LogP contribution is -2.46. The molecule has 0 spiro atoms. The first kappa shape index (κ1) is 17.4. The molecule has 1 aliphatic rings. The summed E-state index contributed by atoms with van der Waals surface area (Å²) in [6, 6.07) is 5.67. The van der Waals surface area contributed by atoms with Crippen molar-refractivity contribution in [2.75, 3.05) is 20.1 Å². The van der Waals surface area contributed by atoms with Gasteiger partial charge in [0.2, 0.25) is 21.8 Å². The molecule has 1 aromatic rings. The van der Waals surface area contributed by atoms with Crippen molar-refractivity contribution in [1.82, 2.24) is 9.21 Å². The first-order valence-electron chi connectivity index (χ1n) is 7.37. The second-order valence-corrected chi connectivity index (χ2v) is 7.59. The van der Waals surface area contributed by atoms with Crippen LogP contribution in [0.25, 0.3) is 0 Å². The van der Waals surface area contributed by atoms with Crippen molar-refractivity contribution < 1.29 is 18.0 Å². The molecule has 1 aliphatic heterocycles. The summed E-state index contributed by atoms with van der Waals surface area (Å²) in [5, 5.41) is 0. The van der Waals surface area contributed by atoms with Crippen LogP contribution < -0.4 is 5.73 Å². The van der Waals surface area contributed by atoms with Crippen LogP contribution in [0.3, 0.4) is 0 Å². The Hall–Kier alpha value is -1.93. The van der Waals surface area contributed by atoms with Gasteiger partial charge in [-0.25, -0.2) is 8.42 Å². The molecule has 1 saturated heterocycles. The van der Waals surface area contributed by atoms with Crippen molar-refractivity contribution >= 4 is 21.8 Å². The van der Waals surface area contributed by atoms with E-state index in [9.17, 15) is 18.0 Å². The molecule has 0 aromatic heterocycles. The maximum absolute atomic E-state index is 12.6. The van der Waals surface area contributed by atoms with Crippen LogP contribution in [-0.4, -0.2) is 55.6 Å². The van der Waals surface area contributed by atoms with Gasteiger partial charge in [-0.05, 0) is 37.1 Å². The van der Waals surface area contributed by atoms with E-state index in [2.05, 4.69) is 0 Å². The number of nitrogens with zero attached hydrogens (tertiary/aromatic N) is 2. The van der Waals surface area contributed by atoms with E-state index in [1.54, 1.807) is 11.9 Å². The van der Waals surface area contributed by atoms with Gasteiger partial charge in [-0.1, -0.05) is 0 Å². The Morgan fingerprint density at radius 2 is 1.70 bits per heavy atom. The molecule has 8 heteroatoms. The van der Waals surface area contributed by atoms with Crippen LogP contribution in [0.1, 0.15) is 30.1 Å². The lowest BCUT2D eigenvalue weighted by Gasteiger charge is -2.35. The molecule has 1 aromatic carbocycles. The van der Waals surface area contributed by atoms with E-state index in [4.69, 9.17) is 5.73 Å². The third-order valence-electron chi connectivity index (χ3n) is 4.24. The first-order valence-corrected chi connectivity index (χ1v) is 8.81. The third-order valence-corrected chi connectivity index (χ3v) is 6.16. The molecule has 2 rings (SSSR count).